The van der Waals surface area contributed by atoms with Crippen LogP contribution >= 0.6 is 0 Å². The van der Waals surface area contributed by atoms with Gasteiger partial charge in [0.25, 0.3) is 0 Å². The molecule has 3 N–H and O–H groups in total. The van der Waals surface area contributed by atoms with E-state index in [9.17, 15) is 24.6 Å². The second-order valence-corrected chi connectivity index (χ2v) is 9.33. The fourth-order valence-electron chi connectivity index (χ4n) is 4.22. The number of carbonyl (C=O) groups excluding carboxylic acids is 2. The fourth-order valence-corrected chi connectivity index (χ4v) is 4.22. The van der Waals surface area contributed by atoms with Gasteiger partial charge in [0.05, 0.1) is 12.5 Å². The van der Waals surface area contributed by atoms with Gasteiger partial charge in [0.1, 0.15) is 18.0 Å². The summed E-state index contributed by atoms with van der Waals surface area (Å²) in [5.41, 5.74) is 0.665. The van der Waals surface area contributed by atoms with Gasteiger partial charge in [-0.1, -0.05) is 52.3 Å². The van der Waals surface area contributed by atoms with Gasteiger partial charge in [-0.2, -0.15) is 0 Å². The summed E-state index contributed by atoms with van der Waals surface area (Å²) in [6, 6.07) is 0. The minimum Gasteiger partial charge on any atom is -0.481 e. The monoisotopic (exact) mass is 468 g/mol. The molecule has 0 radical (unpaired) electrons. The van der Waals surface area contributed by atoms with Crippen molar-refractivity contribution in [3.63, 3.8) is 0 Å². The van der Waals surface area contributed by atoms with Crippen molar-refractivity contribution in [1.29, 1.82) is 0 Å². The van der Waals surface area contributed by atoms with Crippen LogP contribution in [-0.4, -0.2) is 64.6 Å². The molecular formula is C25H40O8. The van der Waals surface area contributed by atoms with Crippen molar-refractivity contribution in [2.45, 2.75) is 84.7 Å². The molecule has 0 unspecified atom stereocenters. The molecule has 33 heavy (non-hydrogen) atoms. The van der Waals surface area contributed by atoms with Gasteiger partial charge < -0.3 is 24.8 Å². The molecule has 1 aliphatic rings. The average molecular weight is 469 g/mol. The number of Topliss-reactive ketones (excluding diaryl/α,β-unsaturated/α-hetero) is 1. The highest BCUT2D eigenvalue weighted by Crippen LogP contribution is 2.27. The number of carboxylic acids is 1. The van der Waals surface area contributed by atoms with Crippen LogP contribution in [0.2, 0.25) is 0 Å². The molecule has 1 aliphatic heterocycles. The zero-order chi connectivity index (χ0) is 25.3. The molecule has 0 amide bonds. The van der Waals surface area contributed by atoms with Gasteiger partial charge in [-0.15, -0.1) is 0 Å². The van der Waals surface area contributed by atoms with Crippen molar-refractivity contribution in [1.82, 2.24) is 0 Å². The number of methoxy groups -OCH3 is 1. The fraction of sp³-hybridized carbons (Fsp3) is 0.720. The lowest BCUT2D eigenvalue weighted by Gasteiger charge is -2.28. The maximum atomic E-state index is 12.9. The van der Waals surface area contributed by atoms with Crippen LogP contribution in [0.15, 0.2) is 23.8 Å². The second-order valence-electron chi connectivity index (χ2n) is 9.33. The number of aliphatic hydroxyl groups excluding tert-OH is 2. The molecule has 1 rings (SSSR count). The minimum atomic E-state index is -1.70. The normalized spacial score (nSPS) is 30.4. The first-order valence-electron chi connectivity index (χ1n) is 11.6. The van der Waals surface area contributed by atoms with E-state index in [2.05, 4.69) is 0 Å². The summed E-state index contributed by atoms with van der Waals surface area (Å²) in [7, 11) is 1.38. The third-order valence-corrected chi connectivity index (χ3v) is 6.38. The summed E-state index contributed by atoms with van der Waals surface area (Å²) < 4.78 is 10.8. The summed E-state index contributed by atoms with van der Waals surface area (Å²) in [4.78, 5) is 36.5. The molecule has 0 spiro atoms. The molecule has 8 heteroatoms. The molecule has 1 heterocycles. The van der Waals surface area contributed by atoms with E-state index < -0.39 is 48.2 Å². The van der Waals surface area contributed by atoms with E-state index in [1.54, 1.807) is 32.9 Å². The average Bonchev–Trinajstić information content (AvgIpc) is 2.76. The van der Waals surface area contributed by atoms with Gasteiger partial charge in [-0.05, 0) is 37.2 Å². The highest BCUT2D eigenvalue weighted by molar-refractivity contribution is 5.85. The Labute approximate surface area is 196 Å². The number of esters is 1. The molecule has 0 bridgehead atoms. The number of allylic oxidation sites excluding steroid dienone is 2. The third-order valence-electron chi connectivity index (χ3n) is 6.38. The Hall–Kier alpha value is -2.03. The Kier molecular flexibility index (Phi) is 12.0. The second kappa shape index (κ2) is 13.6. The zero-order valence-corrected chi connectivity index (χ0v) is 20.6. The van der Waals surface area contributed by atoms with E-state index in [0.29, 0.717) is 5.57 Å². The zero-order valence-electron chi connectivity index (χ0n) is 20.6. The predicted octanol–water partition coefficient (Wildman–Crippen LogP) is 2.91. The number of carbonyl (C=O) groups is 3. The number of hydrogen-bond donors (Lipinski definition) is 3. The van der Waals surface area contributed by atoms with Gasteiger partial charge in [0.15, 0.2) is 6.10 Å². The van der Waals surface area contributed by atoms with E-state index in [4.69, 9.17) is 14.6 Å². The SMILES string of the molecule is CO[C@H](CC(=O)O)[C@@H](C)C(=O)[C@H](C)/C=C(\C)[C@H]1OC(=O)[C@H](O)[C@H](O)C=C[C@H](C)CCC[C@@H]1C. The molecule has 0 fully saturated rings. The molecule has 0 aromatic rings. The van der Waals surface area contributed by atoms with Crippen molar-refractivity contribution < 1.29 is 39.2 Å². The lowest BCUT2D eigenvalue weighted by Crippen LogP contribution is -2.39. The van der Waals surface area contributed by atoms with Crippen LogP contribution in [0.5, 0.6) is 0 Å². The Morgan fingerprint density at radius 1 is 1.21 bits per heavy atom. The van der Waals surface area contributed by atoms with Crippen LogP contribution in [0.1, 0.15) is 60.3 Å². The van der Waals surface area contributed by atoms with Crippen molar-refractivity contribution >= 4 is 17.7 Å². The lowest BCUT2D eigenvalue weighted by molar-refractivity contribution is -0.164. The van der Waals surface area contributed by atoms with Crippen molar-refractivity contribution in [2.24, 2.45) is 23.7 Å². The predicted molar refractivity (Wildman–Crippen MR) is 123 cm³/mol. The first-order valence-corrected chi connectivity index (χ1v) is 11.6. The molecule has 0 saturated heterocycles. The standard InChI is InChI=1S/C25H40O8/c1-14-8-7-9-15(2)24(33-25(31)23(30)19(26)11-10-14)17(4)12-16(3)22(29)18(5)20(32-6)13-21(27)28/h10-12,14-16,18-20,23-24,26,30H,7-9,13H2,1-6H3,(H,27,28)/b11-10?,17-12+/t14-,15+,16-,18-,19-,20-,23-,24+/m1/s1. The molecule has 188 valence electrons. The third kappa shape index (κ3) is 9.02. The first-order chi connectivity index (χ1) is 15.4. The van der Waals surface area contributed by atoms with Crippen LogP contribution in [0.3, 0.4) is 0 Å². The smallest absolute Gasteiger partial charge is 0.338 e. The Bertz CT molecular complexity index is 728. The molecule has 0 aromatic carbocycles. The highest BCUT2D eigenvalue weighted by atomic mass is 16.6. The van der Waals surface area contributed by atoms with Gasteiger partial charge in [0.2, 0.25) is 0 Å². The highest BCUT2D eigenvalue weighted by Gasteiger charge is 2.32. The first kappa shape index (κ1) is 29.0. The molecule has 8 nitrogen and oxygen atoms in total. The van der Waals surface area contributed by atoms with E-state index in [1.807, 2.05) is 13.8 Å². The molecule has 0 aliphatic carbocycles. The summed E-state index contributed by atoms with van der Waals surface area (Å²) in [6.45, 7) is 9.09. The van der Waals surface area contributed by atoms with E-state index in [0.717, 1.165) is 19.3 Å². The molecular weight excluding hydrogens is 428 g/mol. The Balaban J connectivity index is 3.09. The van der Waals surface area contributed by atoms with E-state index >= 15 is 0 Å². The summed E-state index contributed by atoms with van der Waals surface area (Å²) in [6.07, 6.45) is 2.76. The number of carboxylic acid groups (broad SMARTS) is 1. The summed E-state index contributed by atoms with van der Waals surface area (Å²) >= 11 is 0. The number of aliphatic carboxylic acids is 1. The number of cyclic esters (lactones) is 1. The molecule has 8 atom stereocenters. The summed E-state index contributed by atoms with van der Waals surface area (Å²) in [5, 5.41) is 29.3. The summed E-state index contributed by atoms with van der Waals surface area (Å²) in [5.74, 6) is -3.20. The number of aliphatic hydroxyl groups is 2. The van der Waals surface area contributed by atoms with Crippen LogP contribution < -0.4 is 0 Å². The van der Waals surface area contributed by atoms with Gasteiger partial charge >= 0.3 is 11.9 Å². The largest absolute Gasteiger partial charge is 0.481 e. The minimum absolute atomic E-state index is 0.0661. The van der Waals surface area contributed by atoms with E-state index in [1.165, 1.54) is 13.2 Å². The number of hydrogen-bond acceptors (Lipinski definition) is 7. The maximum absolute atomic E-state index is 12.9. The van der Waals surface area contributed by atoms with Crippen LogP contribution in [0.4, 0.5) is 0 Å². The quantitative estimate of drug-likeness (QED) is 0.366. The number of ketones is 1. The van der Waals surface area contributed by atoms with Crippen LogP contribution in [-0.2, 0) is 23.9 Å². The van der Waals surface area contributed by atoms with Gasteiger partial charge in [-0.25, -0.2) is 4.79 Å². The number of rotatable bonds is 8. The van der Waals surface area contributed by atoms with Crippen LogP contribution in [0.25, 0.3) is 0 Å². The number of ether oxygens (including phenoxy) is 2. The van der Waals surface area contributed by atoms with E-state index in [-0.39, 0.29) is 24.0 Å². The lowest BCUT2D eigenvalue weighted by atomic mass is 9.86. The van der Waals surface area contributed by atoms with Gasteiger partial charge in [0, 0.05) is 18.9 Å². The molecule has 0 saturated carbocycles. The van der Waals surface area contributed by atoms with Crippen molar-refractivity contribution in [2.75, 3.05) is 7.11 Å². The molecule has 0 aromatic heterocycles. The maximum Gasteiger partial charge on any atom is 0.338 e. The van der Waals surface area contributed by atoms with Crippen molar-refractivity contribution in [3.8, 4) is 0 Å². The van der Waals surface area contributed by atoms with Gasteiger partial charge in [-0.3, -0.25) is 9.59 Å². The van der Waals surface area contributed by atoms with Crippen molar-refractivity contribution in [3.05, 3.63) is 23.8 Å². The topological polar surface area (TPSA) is 130 Å². The van der Waals surface area contributed by atoms with Crippen LogP contribution in [0, 0.1) is 23.7 Å². The Morgan fingerprint density at radius 2 is 1.85 bits per heavy atom. The Morgan fingerprint density at radius 3 is 2.42 bits per heavy atom.